The average Bonchev–Trinajstić information content (AvgIpc) is 1.86. The van der Waals surface area contributed by atoms with Gasteiger partial charge >= 0.3 is 0 Å². The zero-order valence-electron chi connectivity index (χ0n) is 7.07. The van der Waals surface area contributed by atoms with E-state index >= 15 is 0 Å². The molecule has 0 radical (unpaired) electrons. The third-order valence-corrected chi connectivity index (χ3v) is 7.02. The van der Waals surface area contributed by atoms with Crippen LogP contribution in [-0.2, 0) is 0 Å². The van der Waals surface area contributed by atoms with Crippen molar-refractivity contribution in [1.29, 1.82) is 0 Å². The molecular formula is C8H18Si. The van der Waals surface area contributed by atoms with Crippen molar-refractivity contribution < 1.29 is 0 Å². The van der Waals surface area contributed by atoms with Crippen molar-refractivity contribution in [3.05, 3.63) is 12.7 Å². The standard InChI is InChI=1S/C8H18Si/c1-6-8(3)9(4,5)7-2/h6,8H,1,7H2,2-5H3. The van der Waals surface area contributed by atoms with Gasteiger partial charge in [-0.1, -0.05) is 39.1 Å². The van der Waals surface area contributed by atoms with Crippen LogP contribution in [0, 0.1) is 0 Å². The van der Waals surface area contributed by atoms with Crippen LogP contribution in [0.3, 0.4) is 0 Å². The molecule has 0 N–H and O–H groups in total. The second-order valence-corrected chi connectivity index (χ2v) is 8.96. The zero-order valence-corrected chi connectivity index (χ0v) is 8.07. The highest BCUT2D eigenvalue weighted by Gasteiger charge is 2.22. The predicted molar refractivity (Wildman–Crippen MR) is 47.6 cm³/mol. The van der Waals surface area contributed by atoms with Gasteiger partial charge in [0.1, 0.15) is 0 Å². The van der Waals surface area contributed by atoms with Crippen molar-refractivity contribution in [3.8, 4) is 0 Å². The Kier molecular flexibility index (Phi) is 3.19. The molecule has 1 unspecified atom stereocenters. The second kappa shape index (κ2) is 3.21. The van der Waals surface area contributed by atoms with Crippen molar-refractivity contribution in [1.82, 2.24) is 0 Å². The van der Waals surface area contributed by atoms with Crippen LogP contribution in [0.4, 0.5) is 0 Å². The minimum absolute atomic E-state index is 0.766. The molecule has 0 aliphatic rings. The molecule has 0 aromatic rings. The molecule has 54 valence electrons. The molecule has 0 saturated carbocycles. The van der Waals surface area contributed by atoms with E-state index in [-0.39, 0.29) is 0 Å². The molecule has 0 nitrogen and oxygen atoms in total. The van der Waals surface area contributed by atoms with Crippen LogP contribution in [-0.4, -0.2) is 8.07 Å². The molecule has 1 atom stereocenters. The monoisotopic (exact) mass is 142 g/mol. The number of rotatable bonds is 3. The molecule has 0 aromatic carbocycles. The van der Waals surface area contributed by atoms with Crippen molar-refractivity contribution >= 4 is 8.07 Å². The van der Waals surface area contributed by atoms with E-state index in [1.807, 2.05) is 0 Å². The third kappa shape index (κ3) is 2.35. The van der Waals surface area contributed by atoms with Crippen molar-refractivity contribution in [2.75, 3.05) is 0 Å². The first-order valence-corrected chi connectivity index (χ1v) is 6.95. The lowest BCUT2D eigenvalue weighted by Crippen LogP contribution is -2.28. The van der Waals surface area contributed by atoms with Gasteiger partial charge in [0, 0.05) is 0 Å². The molecule has 0 amide bonds. The normalized spacial score (nSPS) is 15.1. The van der Waals surface area contributed by atoms with Crippen molar-refractivity contribution in [3.63, 3.8) is 0 Å². The second-order valence-electron chi connectivity index (χ2n) is 3.37. The number of allylic oxidation sites excluding steroid dienone is 1. The lowest BCUT2D eigenvalue weighted by molar-refractivity contribution is 1.09. The highest BCUT2D eigenvalue weighted by Crippen LogP contribution is 2.25. The lowest BCUT2D eigenvalue weighted by atomic mass is 10.5. The van der Waals surface area contributed by atoms with E-state index in [0.29, 0.717) is 0 Å². The van der Waals surface area contributed by atoms with Gasteiger partial charge in [0.05, 0.1) is 8.07 Å². The van der Waals surface area contributed by atoms with Crippen molar-refractivity contribution in [2.24, 2.45) is 0 Å². The SMILES string of the molecule is C=CC(C)[Si](C)(C)CC. The van der Waals surface area contributed by atoms with Crippen molar-refractivity contribution in [2.45, 2.75) is 38.5 Å². The first kappa shape index (κ1) is 8.96. The summed E-state index contributed by atoms with van der Waals surface area (Å²) in [6, 6.07) is 1.36. The van der Waals surface area contributed by atoms with Crippen LogP contribution in [0.1, 0.15) is 13.8 Å². The Balaban J connectivity index is 3.95. The fraction of sp³-hybridized carbons (Fsp3) is 0.750. The number of hydrogen-bond acceptors (Lipinski definition) is 0. The molecule has 0 saturated heterocycles. The molecule has 9 heavy (non-hydrogen) atoms. The topological polar surface area (TPSA) is 0 Å². The van der Waals surface area contributed by atoms with Gasteiger partial charge in [-0.25, -0.2) is 0 Å². The minimum atomic E-state index is -0.899. The summed E-state index contributed by atoms with van der Waals surface area (Å²) in [6.45, 7) is 13.2. The fourth-order valence-corrected chi connectivity index (χ4v) is 1.92. The minimum Gasteiger partial charge on any atom is -0.103 e. The maximum absolute atomic E-state index is 3.81. The lowest BCUT2D eigenvalue weighted by Gasteiger charge is -2.25. The summed E-state index contributed by atoms with van der Waals surface area (Å²) in [5.41, 5.74) is 0.766. The Bertz CT molecular complexity index is 94.7. The van der Waals surface area contributed by atoms with E-state index in [2.05, 4.69) is 39.6 Å². The Labute approximate surface area is 60.0 Å². The third-order valence-electron chi connectivity index (χ3n) is 2.50. The van der Waals surface area contributed by atoms with Gasteiger partial charge in [0.25, 0.3) is 0 Å². The summed E-state index contributed by atoms with van der Waals surface area (Å²) in [5.74, 6) is 0. The summed E-state index contributed by atoms with van der Waals surface area (Å²) in [4.78, 5) is 0. The summed E-state index contributed by atoms with van der Waals surface area (Å²) in [7, 11) is -0.899. The fourth-order valence-electron chi connectivity index (χ4n) is 0.641. The maximum Gasteiger partial charge on any atom is 0.0537 e. The Morgan fingerprint density at radius 1 is 1.56 bits per heavy atom. The first-order chi connectivity index (χ1) is 4.04. The maximum atomic E-state index is 3.81. The van der Waals surface area contributed by atoms with Gasteiger partial charge in [-0.2, -0.15) is 0 Å². The van der Waals surface area contributed by atoms with E-state index in [1.165, 1.54) is 6.04 Å². The van der Waals surface area contributed by atoms with Gasteiger partial charge in [0.2, 0.25) is 0 Å². The van der Waals surface area contributed by atoms with Crippen LogP contribution >= 0.6 is 0 Å². The van der Waals surface area contributed by atoms with E-state index < -0.39 is 8.07 Å². The van der Waals surface area contributed by atoms with Gasteiger partial charge in [-0.05, 0) is 5.54 Å². The Morgan fingerprint density at radius 2 is 2.00 bits per heavy atom. The molecule has 0 aromatic heterocycles. The smallest absolute Gasteiger partial charge is 0.0537 e. The molecule has 0 rings (SSSR count). The molecule has 0 spiro atoms. The highest BCUT2D eigenvalue weighted by atomic mass is 28.3. The first-order valence-electron chi connectivity index (χ1n) is 3.67. The molecular weight excluding hydrogens is 124 g/mol. The van der Waals surface area contributed by atoms with Crippen LogP contribution < -0.4 is 0 Å². The summed E-state index contributed by atoms with van der Waals surface area (Å²) in [6.07, 6.45) is 2.09. The Hall–Kier alpha value is -0.0431. The van der Waals surface area contributed by atoms with Gasteiger partial charge in [-0.3, -0.25) is 0 Å². The van der Waals surface area contributed by atoms with E-state index in [1.54, 1.807) is 0 Å². The average molecular weight is 142 g/mol. The van der Waals surface area contributed by atoms with Crippen LogP contribution in [0.15, 0.2) is 12.7 Å². The summed E-state index contributed by atoms with van der Waals surface area (Å²) < 4.78 is 0. The molecule has 0 aliphatic heterocycles. The molecule has 1 heteroatoms. The predicted octanol–water partition coefficient (Wildman–Crippen LogP) is 3.29. The summed E-state index contributed by atoms with van der Waals surface area (Å²) in [5, 5.41) is 0. The van der Waals surface area contributed by atoms with E-state index in [0.717, 1.165) is 5.54 Å². The van der Waals surface area contributed by atoms with Gasteiger partial charge in [0.15, 0.2) is 0 Å². The zero-order chi connectivity index (χ0) is 7.49. The highest BCUT2D eigenvalue weighted by molar-refractivity contribution is 6.79. The van der Waals surface area contributed by atoms with Gasteiger partial charge in [-0.15, -0.1) is 6.58 Å². The Morgan fingerprint density at radius 3 is 2.11 bits per heavy atom. The summed E-state index contributed by atoms with van der Waals surface area (Å²) >= 11 is 0. The molecule has 0 fully saturated rings. The molecule has 0 heterocycles. The molecule has 0 aliphatic carbocycles. The molecule has 0 bridgehead atoms. The van der Waals surface area contributed by atoms with Crippen LogP contribution in [0.5, 0.6) is 0 Å². The van der Waals surface area contributed by atoms with E-state index in [4.69, 9.17) is 0 Å². The van der Waals surface area contributed by atoms with E-state index in [9.17, 15) is 0 Å². The quantitative estimate of drug-likeness (QED) is 0.419. The number of hydrogen-bond donors (Lipinski definition) is 0. The largest absolute Gasteiger partial charge is 0.103 e. The van der Waals surface area contributed by atoms with Gasteiger partial charge < -0.3 is 0 Å². The van der Waals surface area contributed by atoms with Crippen LogP contribution in [0.2, 0.25) is 24.7 Å². The van der Waals surface area contributed by atoms with Crippen LogP contribution in [0.25, 0.3) is 0 Å².